The average Bonchev–Trinajstić information content (AvgIpc) is 3.10. The number of rotatable bonds is 8. The van der Waals surface area contributed by atoms with Gasteiger partial charge in [-0.2, -0.15) is 0 Å². The third-order valence-corrected chi connectivity index (χ3v) is 5.69. The molecule has 8 heteroatoms. The predicted octanol–water partition coefficient (Wildman–Crippen LogP) is 5.02. The number of hydrogen-bond donors (Lipinski definition) is 1. The molecule has 0 radical (unpaired) electrons. The molecule has 1 heterocycles. The van der Waals surface area contributed by atoms with Crippen LogP contribution in [0.5, 0.6) is 5.75 Å². The molecule has 1 N–H and O–H groups in total. The van der Waals surface area contributed by atoms with Crippen LogP contribution in [0.1, 0.15) is 6.92 Å². The number of methoxy groups -OCH3 is 1. The van der Waals surface area contributed by atoms with Crippen molar-refractivity contribution < 1.29 is 9.53 Å². The Labute approximate surface area is 182 Å². The molecule has 1 aromatic heterocycles. The maximum Gasteiger partial charge on any atom is 0.237 e. The van der Waals surface area contributed by atoms with Crippen LogP contribution in [-0.2, 0) is 11.3 Å². The van der Waals surface area contributed by atoms with E-state index in [2.05, 4.69) is 38.0 Å². The monoisotopic (exact) mass is 472 g/mol. The minimum Gasteiger partial charge on any atom is -0.496 e. The molecule has 1 atom stereocenters. The second-order valence-corrected chi connectivity index (χ2v) is 8.39. The molecular weight excluding hydrogens is 452 g/mol. The van der Waals surface area contributed by atoms with Crippen molar-refractivity contribution in [1.82, 2.24) is 14.8 Å². The SMILES string of the molecule is C=CCn1c(SC(C)C(=O)Nc2cccc(Br)c2)nnc1-c1ccccc1OC. The fraction of sp³-hybridized carbons (Fsp3) is 0.190. The molecule has 0 fully saturated rings. The highest BCUT2D eigenvalue weighted by Crippen LogP contribution is 2.32. The van der Waals surface area contributed by atoms with Gasteiger partial charge in [0.05, 0.1) is 17.9 Å². The maximum absolute atomic E-state index is 12.6. The number of ether oxygens (including phenoxy) is 1. The van der Waals surface area contributed by atoms with Crippen LogP contribution in [0.4, 0.5) is 5.69 Å². The number of amides is 1. The number of benzene rings is 2. The van der Waals surface area contributed by atoms with Gasteiger partial charge in [0.25, 0.3) is 0 Å². The highest BCUT2D eigenvalue weighted by atomic mass is 79.9. The summed E-state index contributed by atoms with van der Waals surface area (Å²) in [6.07, 6.45) is 1.78. The lowest BCUT2D eigenvalue weighted by atomic mass is 10.2. The number of allylic oxidation sites excluding steroid dienone is 1. The number of nitrogens with zero attached hydrogens (tertiary/aromatic N) is 3. The molecule has 0 aliphatic rings. The molecule has 150 valence electrons. The first-order valence-electron chi connectivity index (χ1n) is 8.94. The summed E-state index contributed by atoms with van der Waals surface area (Å²) in [5.41, 5.74) is 1.57. The van der Waals surface area contributed by atoms with E-state index in [1.807, 2.05) is 60.0 Å². The molecule has 0 bridgehead atoms. The van der Waals surface area contributed by atoms with Gasteiger partial charge in [-0.05, 0) is 37.3 Å². The number of halogens is 1. The van der Waals surface area contributed by atoms with E-state index in [9.17, 15) is 4.79 Å². The quantitative estimate of drug-likeness (QED) is 0.368. The van der Waals surface area contributed by atoms with E-state index in [4.69, 9.17) is 4.74 Å². The second-order valence-electron chi connectivity index (χ2n) is 6.17. The zero-order valence-electron chi connectivity index (χ0n) is 16.1. The zero-order chi connectivity index (χ0) is 20.8. The van der Waals surface area contributed by atoms with Crippen LogP contribution in [-0.4, -0.2) is 33.0 Å². The molecule has 29 heavy (non-hydrogen) atoms. The zero-order valence-corrected chi connectivity index (χ0v) is 18.5. The van der Waals surface area contributed by atoms with Crippen LogP contribution in [0.3, 0.4) is 0 Å². The lowest BCUT2D eigenvalue weighted by molar-refractivity contribution is -0.115. The van der Waals surface area contributed by atoms with E-state index in [0.29, 0.717) is 23.3 Å². The molecule has 0 aliphatic carbocycles. The van der Waals surface area contributed by atoms with E-state index in [0.717, 1.165) is 15.7 Å². The number of para-hydroxylation sites is 1. The van der Waals surface area contributed by atoms with E-state index >= 15 is 0 Å². The van der Waals surface area contributed by atoms with Crippen LogP contribution in [0.25, 0.3) is 11.4 Å². The first-order valence-corrected chi connectivity index (χ1v) is 10.6. The summed E-state index contributed by atoms with van der Waals surface area (Å²) in [5.74, 6) is 1.27. The van der Waals surface area contributed by atoms with Gasteiger partial charge < -0.3 is 10.1 Å². The van der Waals surface area contributed by atoms with Gasteiger partial charge in [0.2, 0.25) is 5.91 Å². The number of hydrogen-bond acceptors (Lipinski definition) is 5. The summed E-state index contributed by atoms with van der Waals surface area (Å²) < 4.78 is 8.29. The molecule has 3 rings (SSSR count). The van der Waals surface area contributed by atoms with Crippen molar-refractivity contribution >= 4 is 39.3 Å². The lowest BCUT2D eigenvalue weighted by Gasteiger charge is -2.14. The van der Waals surface area contributed by atoms with Crippen molar-refractivity contribution in [3.63, 3.8) is 0 Å². The third-order valence-electron chi connectivity index (χ3n) is 4.12. The molecule has 1 unspecified atom stereocenters. The van der Waals surface area contributed by atoms with Gasteiger partial charge in [-0.3, -0.25) is 9.36 Å². The average molecular weight is 473 g/mol. The van der Waals surface area contributed by atoms with Gasteiger partial charge in [-0.25, -0.2) is 0 Å². The largest absolute Gasteiger partial charge is 0.496 e. The van der Waals surface area contributed by atoms with Crippen LogP contribution >= 0.6 is 27.7 Å². The van der Waals surface area contributed by atoms with E-state index in [1.54, 1.807) is 13.2 Å². The van der Waals surface area contributed by atoms with Crippen molar-refractivity contribution in [2.24, 2.45) is 0 Å². The highest BCUT2D eigenvalue weighted by molar-refractivity contribution is 9.10. The molecule has 0 saturated carbocycles. The van der Waals surface area contributed by atoms with Crippen molar-refractivity contribution in [3.8, 4) is 17.1 Å². The first-order chi connectivity index (χ1) is 14.0. The van der Waals surface area contributed by atoms with Gasteiger partial charge >= 0.3 is 0 Å². The van der Waals surface area contributed by atoms with Gasteiger partial charge in [0.15, 0.2) is 11.0 Å². The summed E-state index contributed by atoms with van der Waals surface area (Å²) in [6, 6.07) is 15.1. The van der Waals surface area contributed by atoms with Gasteiger partial charge in [-0.15, -0.1) is 16.8 Å². The number of anilines is 1. The Morgan fingerprint density at radius 1 is 1.31 bits per heavy atom. The molecule has 0 aliphatic heterocycles. The molecule has 6 nitrogen and oxygen atoms in total. The Hall–Kier alpha value is -2.58. The molecule has 0 spiro atoms. The Kier molecular flexibility index (Phi) is 7.11. The van der Waals surface area contributed by atoms with Crippen LogP contribution < -0.4 is 10.1 Å². The Balaban J connectivity index is 1.82. The van der Waals surface area contributed by atoms with E-state index < -0.39 is 0 Å². The van der Waals surface area contributed by atoms with E-state index in [-0.39, 0.29) is 11.2 Å². The molecule has 0 saturated heterocycles. The summed E-state index contributed by atoms with van der Waals surface area (Å²) >= 11 is 4.76. The fourth-order valence-corrected chi connectivity index (χ4v) is 3.98. The standard InChI is InChI=1S/C21H21BrN4O2S/c1-4-12-26-19(17-10-5-6-11-18(17)28-3)24-25-21(26)29-14(2)20(27)23-16-9-7-8-15(22)13-16/h4-11,13-14H,1,12H2,2-3H3,(H,23,27). The molecule has 2 aromatic carbocycles. The normalized spacial score (nSPS) is 11.7. The van der Waals surface area contributed by atoms with Crippen molar-refractivity contribution in [2.75, 3.05) is 12.4 Å². The molecular formula is C21H21BrN4O2S. The Bertz CT molecular complexity index is 1020. The van der Waals surface area contributed by atoms with Gasteiger partial charge in [0.1, 0.15) is 5.75 Å². The van der Waals surface area contributed by atoms with Crippen LogP contribution in [0.2, 0.25) is 0 Å². The van der Waals surface area contributed by atoms with Crippen molar-refractivity contribution in [3.05, 3.63) is 65.7 Å². The second kappa shape index (κ2) is 9.76. The number of thioether (sulfide) groups is 1. The minimum atomic E-state index is -0.368. The lowest BCUT2D eigenvalue weighted by Crippen LogP contribution is -2.23. The van der Waals surface area contributed by atoms with Gasteiger partial charge in [-0.1, -0.05) is 52.0 Å². The first kappa shape index (κ1) is 21.1. The van der Waals surface area contributed by atoms with Crippen molar-refractivity contribution in [2.45, 2.75) is 23.9 Å². The van der Waals surface area contributed by atoms with Gasteiger partial charge in [0, 0.05) is 16.7 Å². The maximum atomic E-state index is 12.6. The third kappa shape index (κ3) is 5.07. The van der Waals surface area contributed by atoms with Crippen LogP contribution in [0, 0.1) is 0 Å². The van der Waals surface area contributed by atoms with Crippen molar-refractivity contribution in [1.29, 1.82) is 0 Å². The smallest absolute Gasteiger partial charge is 0.237 e. The topological polar surface area (TPSA) is 69.0 Å². The summed E-state index contributed by atoms with van der Waals surface area (Å²) in [7, 11) is 1.62. The summed E-state index contributed by atoms with van der Waals surface area (Å²) in [6.45, 7) is 6.19. The Morgan fingerprint density at radius 3 is 2.83 bits per heavy atom. The summed E-state index contributed by atoms with van der Waals surface area (Å²) in [4.78, 5) is 12.6. The molecule has 1 amide bonds. The highest BCUT2D eigenvalue weighted by Gasteiger charge is 2.22. The predicted molar refractivity (Wildman–Crippen MR) is 120 cm³/mol. The minimum absolute atomic E-state index is 0.111. The fourth-order valence-electron chi connectivity index (χ4n) is 2.72. The summed E-state index contributed by atoms with van der Waals surface area (Å²) in [5, 5.41) is 11.9. The Morgan fingerprint density at radius 2 is 2.10 bits per heavy atom. The number of carbonyl (C=O) groups is 1. The van der Waals surface area contributed by atoms with Crippen LogP contribution in [0.15, 0.2) is 70.8 Å². The molecule has 3 aromatic rings. The number of carbonyl (C=O) groups excluding carboxylic acids is 1. The number of aromatic nitrogens is 3. The number of nitrogens with one attached hydrogen (secondary N) is 1. The van der Waals surface area contributed by atoms with E-state index in [1.165, 1.54) is 11.8 Å².